The van der Waals surface area contributed by atoms with Gasteiger partial charge >= 0.3 is 0 Å². The lowest BCUT2D eigenvalue weighted by Gasteiger charge is -2.10. The maximum atomic E-state index is 5.82. The zero-order valence-corrected chi connectivity index (χ0v) is 8.15. The molecule has 1 aromatic heterocycles. The van der Waals surface area contributed by atoms with Crippen LogP contribution in [0, 0.1) is 0 Å². The van der Waals surface area contributed by atoms with Crippen LogP contribution in [0.4, 0.5) is 0 Å². The summed E-state index contributed by atoms with van der Waals surface area (Å²) in [6.07, 6.45) is 9.50. The van der Waals surface area contributed by atoms with Gasteiger partial charge < -0.3 is 4.84 Å². The summed E-state index contributed by atoms with van der Waals surface area (Å²) in [6, 6.07) is 2.01. The quantitative estimate of drug-likeness (QED) is 0.640. The minimum Gasteiger partial charge on any atom is -0.365 e. The average molecular weight is 181 g/mol. The van der Waals surface area contributed by atoms with Gasteiger partial charge in [-0.15, -0.1) is 0 Å². The molecule has 0 bridgehead atoms. The molecule has 13 heavy (non-hydrogen) atoms. The summed E-state index contributed by atoms with van der Waals surface area (Å²) in [7, 11) is 0. The van der Waals surface area contributed by atoms with Gasteiger partial charge in [-0.2, -0.15) is 0 Å². The minimum absolute atomic E-state index is 0.435. The lowest BCUT2D eigenvalue weighted by atomic mass is 10.3. The van der Waals surface area contributed by atoms with Crippen molar-refractivity contribution >= 4 is 0 Å². The van der Waals surface area contributed by atoms with Crippen molar-refractivity contribution in [2.24, 2.45) is 0 Å². The summed E-state index contributed by atoms with van der Waals surface area (Å²) in [5.41, 5.74) is 0. The Morgan fingerprint density at radius 2 is 2.23 bits per heavy atom. The first-order chi connectivity index (χ1) is 6.40. The highest BCUT2D eigenvalue weighted by molar-refractivity contribution is 4.71. The zero-order chi connectivity index (χ0) is 9.10. The topological polar surface area (TPSA) is 18.0 Å². The Morgan fingerprint density at radius 1 is 1.46 bits per heavy atom. The van der Waals surface area contributed by atoms with E-state index in [0.29, 0.717) is 6.10 Å². The van der Waals surface area contributed by atoms with Gasteiger partial charge in [-0.25, -0.2) is 0 Å². The van der Waals surface area contributed by atoms with Crippen molar-refractivity contribution in [2.45, 2.75) is 45.3 Å². The van der Waals surface area contributed by atoms with Gasteiger partial charge in [0.25, 0.3) is 0 Å². The average Bonchev–Trinajstić information content (AvgIpc) is 2.76. The van der Waals surface area contributed by atoms with Crippen LogP contribution in [-0.2, 0) is 6.54 Å². The Morgan fingerprint density at radius 3 is 2.92 bits per heavy atom. The van der Waals surface area contributed by atoms with E-state index in [1.54, 1.807) is 0 Å². The highest BCUT2D eigenvalue weighted by Crippen LogP contribution is 2.18. The molecule has 0 amide bonds. The van der Waals surface area contributed by atoms with E-state index in [9.17, 15) is 0 Å². The zero-order valence-electron chi connectivity index (χ0n) is 8.15. The van der Waals surface area contributed by atoms with Crippen LogP contribution < -0.4 is 9.52 Å². The summed E-state index contributed by atoms with van der Waals surface area (Å²) in [6.45, 7) is 3.08. The Balaban J connectivity index is 1.99. The fraction of sp³-hybridized carbons (Fsp3) is 0.700. The molecule has 2 rings (SSSR count). The minimum atomic E-state index is 0.435. The largest absolute Gasteiger partial charge is 0.365 e. The lowest BCUT2D eigenvalue weighted by molar-refractivity contribution is -0.797. The van der Waals surface area contributed by atoms with Crippen molar-refractivity contribution in [1.29, 1.82) is 0 Å². The molecule has 1 saturated carbocycles. The van der Waals surface area contributed by atoms with E-state index in [1.807, 2.05) is 23.3 Å². The Bertz CT molecular complexity index is 264. The van der Waals surface area contributed by atoms with Gasteiger partial charge in [-0.1, -0.05) is 4.68 Å². The summed E-state index contributed by atoms with van der Waals surface area (Å²) < 4.78 is 2.07. The molecule has 0 radical (unpaired) electrons. The molecule has 0 aromatic carbocycles. The molecular formula is C10H17N2O+. The molecule has 72 valence electrons. The number of hydrogen-bond donors (Lipinski definition) is 0. The van der Waals surface area contributed by atoms with Crippen LogP contribution in [0.5, 0.6) is 0 Å². The number of rotatable bonds is 3. The molecule has 0 saturated heterocycles. The summed E-state index contributed by atoms with van der Waals surface area (Å²) >= 11 is 0. The van der Waals surface area contributed by atoms with Crippen LogP contribution in [0.25, 0.3) is 0 Å². The summed E-state index contributed by atoms with van der Waals surface area (Å²) in [4.78, 5) is 7.67. The van der Waals surface area contributed by atoms with E-state index in [-0.39, 0.29) is 0 Å². The van der Waals surface area contributed by atoms with Crippen molar-refractivity contribution in [3.8, 4) is 0 Å². The first kappa shape index (κ1) is 8.60. The van der Waals surface area contributed by atoms with Gasteiger partial charge in [0.2, 0.25) is 0 Å². The third-order valence-corrected chi connectivity index (χ3v) is 2.61. The number of nitrogens with zero attached hydrogens (tertiary/aromatic N) is 2. The molecular weight excluding hydrogens is 164 g/mol. The first-order valence-corrected chi connectivity index (χ1v) is 5.14. The van der Waals surface area contributed by atoms with Crippen LogP contribution in [-0.4, -0.2) is 10.9 Å². The molecule has 3 heteroatoms. The molecule has 1 aromatic rings. The Hall–Kier alpha value is -0.990. The van der Waals surface area contributed by atoms with E-state index in [2.05, 4.69) is 11.6 Å². The fourth-order valence-electron chi connectivity index (χ4n) is 1.85. The highest BCUT2D eigenvalue weighted by atomic mass is 16.7. The van der Waals surface area contributed by atoms with Crippen LogP contribution in [0.2, 0.25) is 0 Å². The van der Waals surface area contributed by atoms with Crippen molar-refractivity contribution in [1.82, 2.24) is 4.85 Å². The van der Waals surface area contributed by atoms with Crippen molar-refractivity contribution < 1.29 is 9.52 Å². The second-order valence-electron chi connectivity index (χ2n) is 3.56. The summed E-state index contributed by atoms with van der Waals surface area (Å²) in [5, 5.41) is 0. The SMILES string of the molecule is CC[n+]1cccn1OC1CCCC1. The molecule has 0 aliphatic heterocycles. The molecule has 0 N–H and O–H groups in total. The molecule has 0 spiro atoms. The second-order valence-corrected chi connectivity index (χ2v) is 3.56. The molecule has 0 unspecified atom stereocenters. The maximum absolute atomic E-state index is 5.82. The molecule has 1 aliphatic rings. The smallest absolute Gasteiger partial charge is 0.199 e. The number of aryl methyl sites for hydroxylation is 1. The fourth-order valence-corrected chi connectivity index (χ4v) is 1.85. The van der Waals surface area contributed by atoms with Crippen molar-refractivity contribution in [2.75, 3.05) is 0 Å². The second kappa shape index (κ2) is 3.81. The van der Waals surface area contributed by atoms with Gasteiger partial charge in [0, 0.05) is 10.9 Å². The first-order valence-electron chi connectivity index (χ1n) is 5.14. The number of aromatic nitrogens is 2. The van der Waals surface area contributed by atoms with Gasteiger partial charge in [0.05, 0.1) is 0 Å². The standard InChI is InChI=1S/C10H17N2O/c1-2-11-8-5-9-12(11)13-10-6-3-4-7-10/h5,8-10H,2-4,6-7H2,1H3/q+1. The van der Waals surface area contributed by atoms with E-state index in [4.69, 9.17) is 4.84 Å². The molecule has 1 heterocycles. The van der Waals surface area contributed by atoms with Crippen LogP contribution in [0.15, 0.2) is 18.5 Å². The van der Waals surface area contributed by atoms with E-state index in [1.165, 1.54) is 25.7 Å². The van der Waals surface area contributed by atoms with Crippen LogP contribution in [0.1, 0.15) is 32.6 Å². The summed E-state index contributed by atoms with van der Waals surface area (Å²) in [5.74, 6) is 0. The van der Waals surface area contributed by atoms with Gasteiger partial charge in [-0.05, 0) is 32.6 Å². The third kappa shape index (κ3) is 1.85. The molecule has 1 fully saturated rings. The Labute approximate surface area is 78.9 Å². The monoisotopic (exact) mass is 181 g/mol. The van der Waals surface area contributed by atoms with E-state index < -0.39 is 0 Å². The molecule has 3 nitrogen and oxygen atoms in total. The van der Waals surface area contributed by atoms with Crippen molar-refractivity contribution in [3.05, 3.63) is 18.5 Å². The van der Waals surface area contributed by atoms with Gasteiger partial charge in [0.1, 0.15) is 12.3 Å². The van der Waals surface area contributed by atoms with Crippen LogP contribution >= 0.6 is 0 Å². The lowest BCUT2D eigenvalue weighted by Crippen LogP contribution is -2.46. The van der Waals surface area contributed by atoms with E-state index >= 15 is 0 Å². The molecule has 1 aliphatic carbocycles. The van der Waals surface area contributed by atoms with Crippen LogP contribution in [0.3, 0.4) is 0 Å². The predicted molar refractivity (Wildman–Crippen MR) is 49.1 cm³/mol. The maximum Gasteiger partial charge on any atom is 0.199 e. The third-order valence-electron chi connectivity index (χ3n) is 2.61. The highest BCUT2D eigenvalue weighted by Gasteiger charge is 2.19. The number of hydrogen-bond acceptors (Lipinski definition) is 1. The Kier molecular flexibility index (Phi) is 2.52. The predicted octanol–water partition coefficient (Wildman–Crippen LogP) is 1.17. The van der Waals surface area contributed by atoms with Gasteiger partial charge in [0.15, 0.2) is 12.7 Å². The van der Waals surface area contributed by atoms with E-state index in [0.717, 1.165) is 6.54 Å². The van der Waals surface area contributed by atoms with Crippen molar-refractivity contribution in [3.63, 3.8) is 0 Å². The van der Waals surface area contributed by atoms with Gasteiger partial charge in [-0.3, -0.25) is 0 Å². The molecule has 0 atom stereocenters. The normalized spacial score (nSPS) is 17.9.